The SMILES string of the molecule is Cc1c(F)ccc(F)c1CO. The molecular formula is C8H8F2O. The normalized spacial score (nSPS) is 10.2. The van der Waals surface area contributed by atoms with Gasteiger partial charge in [-0.15, -0.1) is 0 Å². The summed E-state index contributed by atoms with van der Waals surface area (Å²) in [6.45, 7) is 0.972. The van der Waals surface area contributed by atoms with E-state index in [1.165, 1.54) is 6.92 Å². The molecule has 1 rings (SSSR count). The minimum atomic E-state index is -0.564. The third kappa shape index (κ3) is 1.38. The van der Waals surface area contributed by atoms with Gasteiger partial charge in [0.2, 0.25) is 0 Å². The van der Waals surface area contributed by atoms with Crippen LogP contribution in [0.1, 0.15) is 11.1 Å². The highest BCUT2D eigenvalue weighted by Gasteiger charge is 2.07. The fraction of sp³-hybridized carbons (Fsp3) is 0.250. The van der Waals surface area contributed by atoms with Crippen molar-refractivity contribution in [3.05, 3.63) is 34.9 Å². The first-order valence-electron chi connectivity index (χ1n) is 3.21. The van der Waals surface area contributed by atoms with Crippen LogP contribution in [-0.4, -0.2) is 5.11 Å². The summed E-state index contributed by atoms with van der Waals surface area (Å²) >= 11 is 0. The maximum Gasteiger partial charge on any atom is 0.129 e. The molecule has 3 heteroatoms. The number of benzene rings is 1. The highest BCUT2D eigenvalue weighted by atomic mass is 19.1. The van der Waals surface area contributed by atoms with Crippen molar-refractivity contribution in [2.75, 3.05) is 0 Å². The van der Waals surface area contributed by atoms with Gasteiger partial charge in [0.15, 0.2) is 0 Å². The van der Waals surface area contributed by atoms with E-state index >= 15 is 0 Å². The van der Waals surface area contributed by atoms with Crippen molar-refractivity contribution in [1.29, 1.82) is 0 Å². The molecule has 11 heavy (non-hydrogen) atoms. The maximum absolute atomic E-state index is 12.7. The molecule has 0 aliphatic carbocycles. The van der Waals surface area contributed by atoms with E-state index in [2.05, 4.69) is 0 Å². The zero-order valence-corrected chi connectivity index (χ0v) is 6.06. The zero-order chi connectivity index (χ0) is 8.43. The fourth-order valence-electron chi connectivity index (χ4n) is 0.889. The number of rotatable bonds is 1. The number of hydrogen-bond donors (Lipinski definition) is 1. The van der Waals surface area contributed by atoms with Gasteiger partial charge in [-0.3, -0.25) is 0 Å². The van der Waals surface area contributed by atoms with Gasteiger partial charge in [-0.25, -0.2) is 8.78 Å². The van der Waals surface area contributed by atoms with Gasteiger partial charge < -0.3 is 5.11 Å². The van der Waals surface area contributed by atoms with Crippen molar-refractivity contribution in [2.24, 2.45) is 0 Å². The van der Waals surface area contributed by atoms with Gasteiger partial charge in [-0.2, -0.15) is 0 Å². The second-order valence-corrected chi connectivity index (χ2v) is 2.29. The largest absolute Gasteiger partial charge is 0.392 e. The van der Waals surface area contributed by atoms with E-state index in [0.717, 1.165) is 12.1 Å². The molecule has 0 fully saturated rings. The average molecular weight is 158 g/mol. The van der Waals surface area contributed by atoms with E-state index < -0.39 is 18.2 Å². The summed E-state index contributed by atoms with van der Waals surface area (Å²) in [5, 5.41) is 8.62. The number of hydrogen-bond acceptors (Lipinski definition) is 1. The predicted molar refractivity (Wildman–Crippen MR) is 37.0 cm³/mol. The molecule has 1 aromatic carbocycles. The Hall–Kier alpha value is -0.960. The summed E-state index contributed by atoms with van der Waals surface area (Å²) in [6, 6.07) is 2.05. The molecule has 0 spiro atoms. The van der Waals surface area contributed by atoms with Crippen molar-refractivity contribution >= 4 is 0 Å². The first-order valence-corrected chi connectivity index (χ1v) is 3.21. The van der Waals surface area contributed by atoms with Gasteiger partial charge >= 0.3 is 0 Å². The van der Waals surface area contributed by atoms with Crippen LogP contribution in [0.25, 0.3) is 0 Å². The summed E-state index contributed by atoms with van der Waals surface area (Å²) in [4.78, 5) is 0. The van der Waals surface area contributed by atoms with E-state index in [1.54, 1.807) is 0 Å². The number of aliphatic hydroxyl groups is 1. The van der Waals surface area contributed by atoms with Crippen LogP contribution in [0, 0.1) is 18.6 Å². The maximum atomic E-state index is 12.7. The molecular weight excluding hydrogens is 150 g/mol. The first kappa shape index (κ1) is 8.14. The van der Waals surface area contributed by atoms with Crippen molar-refractivity contribution in [2.45, 2.75) is 13.5 Å². The van der Waals surface area contributed by atoms with Gasteiger partial charge in [0.25, 0.3) is 0 Å². The van der Waals surface area contributed by atoms with Gasteiger partial charge in [0.1, 0.15) is 11.6 Å². The Morgan fingerprint density at radius 1 is 1.27 bits per heavy atom. The lowest BCUT2D eigenvalue weighted by molar-refractivity contribution is 0.274. The Kier molecular flexibility index (Phi) is 2.19. The molecule has 0 radical (unpaired) electrons. The van der Waals surface area contributed by atoms with E-state index in [9.17, 15) is 8.78 Å². The van der Waals surface area contributed by atoms with Gasteiger partial charge in [-0.1, -0.05) is 0 Å². The number of aliphatic hydroxyl groups excluding tert-OH is 1. The fourth-order valence-corrected chi connectivity index (χ4v) is 0.889. The summed E-state index contributed by atoms with van der Waals surface area (Å²) in [7, 11) is 0. The Morgan fingerprint density at radius 2 is 1.82 bits per heavy atom. The molecule has 0 aliphatic heterocycles. The standard InChI is InChI=1S/C8H8F2O/c1-5-6(4-11)8(10)3-2-7(5)9/h2-3,11H,4H2,1H3. The first-order chi connectivity index (χ1) is 5.16. The van der Waals surface area contributed by atoms with Crippen LogP contribution in [-0.2, 0) is 6.61 Å². The highest BCUT2D eigenvalue weighted by molar-refractivity contribution is 5.27. The van der Waals surface area contributed by atoms with Crippen LogP contribution in [0.4, 0.5) is 8.78 Å². The Morgan fingerprint density at radius 3 is 2.27 bits per heavy atom. The van der Waals surface area contributed by atoms with Crippen molar-refractivity contribution in [3.63, 3.8) is 0 Å². The molecule has 1 nitrogen and oxygen atoms in total. The summed E-state index contributed by atoms with van der Waals surface area (Å²) in [6.07, 6.45) is 0. The molecule has 60 valence electrons. The molecule has 0 heterocycles. The van der Waals surface area contributed by atoms with Gasteiger partial charge in [0, 0.05) is 5.56 Å². The third-order valence-electron chi connectivity index (χ3n) is 1.63. The highest BCUT2D eigenvalue weighted by Crippen LogP contribution is 2.15. The van der Waals surface area contributed by atoms with Crippen LogP contribution in [0.3, 0.4) is 0 Å². The Bertz CT molecular complexity index is 271. The van der Waals surface area contributed by atoms with Crippen LogP contribution in [0.5, 0.6) is 0 Å². The van der Waals surface area contributed by atoms with Crippen LogP contribution in [0.15, 0.2) is 12.1 Å². The van der Waals surface area contributed by atoms with E-state index in [-0.39, 0.29) is 11.1 Å². The molecule has 1 aromatic rings. The molecule has 0 atom stereocenters. The van der Waals surface area contributed by atoms with E-state index in [0.29, 0.717) is 0 Å². The lowest BCUT2D eigenvalue weighted by Crippen LogP contribution is -1.96. The molecule has 0 aromatic heterocycles. The second-order valence-electron chi connectivity index (χ2n) is 2.29. The molecule has 0 saturated heterocycles. The lowest BCUT2D eigenvalue weighted by atomic mass is 10.1. The monoisotopic (exact) mass is 158 g/mol. The van der Waals surface area contributed by atoms with Gasteiger partial charge in [0.05, 0.1) is 6.61 Å². The smallest absolute Gasteiger partial charge is 0.129 e. The van der Waals surface area contributed by atoms with Crippen molar-refractivity contribution in [3.8, 4) is 0 Å². The molecule has 0 bridgehead atoms. The van der Waals surface area contributed by atoms with Crippen LogP contribution >= 0.6 is 0 Å². The summed E-state index contributed by atoms with van der Waals surface area (Å²) in [5.74, 6) is -1.05. The minimum Gasteiger partial charge on any atom is -0.392 e. The molecule has 0 saturated carbocycles. The predicted octanol–water partition coefficient (Wildman–Crippen LogP) is 1.77. The summed E-state index contributed by atoms with van der Waals surface area (Å²) < 4.78 is 25.4. The zero-order valence-electron chi connectivity index (χ0n) is 6.06. The minimum absolute atomic E-state index is 0.0324. The Labute approximate surface area is 63.3 Å². The van der Waals surface area contributed by atoms with Crippen molar-refractivity contribution < 1.29 is 13.9 Å². The molecule has 0 unspecified atom stereocenters. The quantitative estimate of drug-likeness (QED) is 0.660. The Balaban J connectivity index is 3.29. The van der Waals surface area contributed by atoms with Crippen LogP contribution in [0.2, 0.25) is 0 Å². The van der Waals surface area contributed by atoms with E-state index in [4.69, 9.17) is 5.11 Å². The molecule has 0 aliphatic rings. The topological polar surface area (TPSA) is 20.2 Å². The summed E-state index contributed by atoms with van der Waals surface area (Å²) in [5.41, 5.74) is 0.206. The average Bonchev–Trinajstić information content (AvgIpc) is 1.99. The van der Waals surface area contributed by atoms with Gasteiger partial charge in [-0.05, 0) is 24.6 Å². The molecule has 1 N–H and O–H groups in total. The lowest BCUT2D eigenvalue weighted by Gasteiger charge is -2.03. The van der Waals surface area contributed by atoms with Crippen LogP contribution < -0.4 is 0 Å². The third-order valence-corrected chi connectivity index (χ3v) is 1.63. The van der Waals surface area contributed by atoms with E-state index in [1.807, 2.05) is 0 Å². The number of halogens is 2. The van der Waals surface area contributed by atoms with Crippen molar-refractivity contribution in [1.82, 2.24) is 0 Å². The second kappa shape index (κ2) is 2.96. The molecule has 0 amide bonds.